The molecule has 90 valence electrons. The van der Waals surface area contributed by atoms with Crippen molar-refractivity contribution in [3.05, 3.63) is 44.3 Å². The minimum absolute atomic E-state index is 0.245. The lowest BCUT2D eigenvalue weighted by molar-refractivity contribution is 0.869. The van der Waals surface area contributed by atoms with Crippen molar-refractivity contribution in [3.63, 3.8) is 0 Å². The van der Waals surface area contributed by atoms with Crippen LogP contribution in [0.4, 0.5) is 5.69 Å². The summed E-state index contributed by atoms with van der Waals surface area (Å²) in [5.41, 5.74) is 3.64. The van der Waals surface area contributed by atoms with Crippen LogP contribution in [0.1, 0.15) is 29.1 Å². The van der Waals surface area contributed by atoms with E-state index in [2.05, 4.69) is 59.1 Å². The summed E-state index contributed by atoms with van der Waals surface area (Å²) in [4.78, 5) is 4.32. The zero-order chi connectivity index (χ0) is 12.4. The summed E-state index contributed by atoms with van der Waals surface area (Å²) >= 11 is 5.26. The second-order valence-electron chi connectivity index (χ2n) is 4.16. The van der Waals surface area contributed by atoms with Crippen LogP contribution in [0.15, 0.2) is 28.2 Å². The van der Waals surface area contributed by atoms with Gasteiger partial charge in [-0.15, -0.1) is 11.3 Å². The molecule has 2 rings (SSSR count). The number of anilines is 1. The highest BCUT2D eigenvalue weighted by Crippen LogP contribution is 2.27. The molecule has 0 amide bonds. The van der Waals surface area contributed by atoms with Crippen molar-refractivity contribution < 1.29 is 0 Å². The molecule has 1 heterocycles. The smallest absolute Gasteiger partial charge is 0.115 e. The third-order valence-corrected chi connectivity index (χ3v) is 4.85. The number of aromatic nitrogens is 1. The van der Waals surface area contributed by atoms with Crippen LogP contribution in [0.25, 0.3) is 0 Å². The van der Waals surface area contributed by atoms with E-state index in [4.69, 9.17) is 0 Å². The van der Waals surface area contributed by atoms with Crippen molar-refractivity contribution in [2.45, 2.75) is 26.8 Å². The van der Waals surface area contributed by atoms with Gasteiger partial charge < -0.3 is 5.32 Å². The van der Waals surface area contributed by atoms with E-state index < -0.39 is 0 Å². The molecule has 1 atom stereocenters. The molecule has 0 bridgehead atoms. The van der Waals surface area contributed by atoms with Crippen LogP contribution < -0.4 is 5.32 Å². The van der Waals surface area contributed by atoms with E-state index in [9.17, 15) is 0 Å². The maximum Gasteiger partial charge on any atom is 0.115 e. The number of halogens is 1. The summed E-state index contributed by atoms with van der Waals surface area (Å²) in [6.45, 7) is 6.35. The van der Waals surface area contributed by atoms with Crippen molar-refractivity contribution in [3.8, 4) is 0 Å². The van der Waals surface area contributed by atoms with Crippen LogP contribution in [-0.2, 0) is 0 Å². The van der Waals surface area contributed by atoms with Crippen LogP contribution in [0.3, 0.4) is 0 Å². The van der Waals surface area contributed by atoms with Crippen molar-refractivity contribution in [2.75, 3.05) is 5.32 Å². The number of nitrogens with one attached hydrogen (secondary N) is 1. The quantitative estimate of drug-likeness (QED) is 0.889. The molecule has 0 aliphatic heterocycles. The van der Waals surface area contributed by atoms with Crippen LogP contribution in [0, 0.1) is 13.8 Å². The molecule has 0 aliphatic rings. The van der Waals surface area contributed by atoms with Gasteiger partial charge in [-0.1, -0.05) is 15.9 Å². The number of hydrogen-bond donors (Lipinski definition) is 1. The average Bonchev–Trinajstić information content (AvgIpc) is 2.79. The summed E-state index contributed by atoms with van der Waals surface area (Å²) in [5.74, 6) is 0. The van der Waals surface area contributed by atoms with Gasteiger partial charge in [0.2, 0.25) is 0 Å². The molecular weight excluding hydrogens is 296 g/mol. The van der Waals surface area contributed by atoms with Gasteiger partial charge >= 0.3 is 0 Å². The number of rotatable bonds is 3. The van der Waals surface area contributed by atoms with E-state index in [0.717, 1.165) is 10.7 Å². The van der Waals surface area contributed by atoms with Crippen LogP contribution in [0.2, 0.25) is 0 Å². The largest absolute Gasteiger partial charge is 0.376 e. The highest BCUT2D eigenvalue weighted by molar-refractivity contribution is 9.10. The predicted molar refractivity (Wildman–Crippen MR) is 77.8 cm³/mol. The Kier molecular flexibility index (Phi) is 3.84. The SMILES string of the molecule is Cc1cc(NC(C)c2nccs2)cc(C)c1Br. The Morgan fingerprint density at radius 1 is 1.29 bits per heavy atom. The van der Waals surface area contributed by atoms with E-state index in [1.54, 1.807) is 11.3 Å². The molecule has 4 heteroatoms. The standard InChI is InChI=1S/C13H15BrN2S/c1-8-6-11(7-9(2)12(8)14)16-10(3)13-15-4-5-17-13/h4-7,10,16H,1-3H3. The molecule has 0 radical (unpaired) electrons. The number of hydrogen-bond acceptors (Lipinski definition) is 3. The number of aryl methyl sites for hydroxylation is 2. The second kappa shape index (κ2) is 5.19. The first kappa shape index (κ1) is 12.6. The lowest BCUT2D eigenvalue weighted by atomic mass is 10.1. The van der Waals surface area contributed by atoms with Gasteiger partial charge in [0, 0.05) is 21.7 Å². The second-order valence-corrected chi connectivity index (χ2v) is 5.88. The third kappa shape index (κ3) is 2.87. The fourth-order valence-corrected chi connectivity index (χ4v) is 2.66. The number of nitrogens with zero attached hydrogens (tertiary/aromatic N) is 1. The molecule has 1 aromatic heterocycles. The van der Waals surface area contributed by atoms with Crippen molar-refractivity contribution >= 4 is 33.0 Å². The molecule has 17 heavy (non-hydrogen) atoms. The first-order chi connectivity index (χ1) is 8.08. The van der Waals surface area contributed by atoms with Gasteiger partial charge in [-0.25, -0.2) is 4.98 Å². The molecule has 2 nitrogen and oxygen atoms in total. The maximum absolute atomic E-state index is 4.32. The molecule has 0 spiro atoms. The Morgan fingerprint density at radius 3 is 2.47 bits per heavy atom. The third-order valence-electron chi connectivity index (χ3n) is 2.64. The summed E-state index contributed by atoms with van der Waals surface area (Å²) in [7, 11) is 0. The minimum atomic E-state index is 0.245. The Balaban J connectivity index is 2.19. The molecule has 0 fully saturated rings. The fraction of sp³-hybridized carbons (Fsp3) is 0.308. The lowest BCUT2D eigenvalue weighted by Gasteiger charge is -2.15. The number of benzene rings is 1. The van der Waals surface area contributed by atoms with Gasteiger partial charge in [0.15, 0.2) is 0 Å². The van der Waals surface area contributed by atoms with Crippen LogP contribution >= 0.6 is 27.3 Å². The van der Waals surface area contributed by atoms with Gasteiger partial charge in [0.1, 0.15) is 5.01 Å². The average molecular weight is 311 g/mol. The first-order valence-corrected chi connectivity index (χ1v) is 7.18. The molecule has 2 aromatic rings. The lowest BCUT2D eigenvalue weighted by Crippen LogP contribution is -2.06. The molecule has 1 aromatic carbocycles. The van der Waals surface area contributed by atoms with Crippen LogP contribution in [0.5, 0.6) is 0 Å². The van der Waals surface area contributed by atoms with E-state index in [1.165, 1.54) is 15.6 Å². The van der Waals surface area contributed by atoms with E-state index >= 15 is 0 Å². The molecule has 0 aliphatic carbocycles. The normalized spacial score (nSPS) is 12.5. The highest BCUT2D eigenvalue weighted by atomic mass is 79.9. The summed E-state index contributed by atoms with van der Waals surface area (Å²) < 4.78 is 1.19. The monoisotopic (exact) mass is 310 g/mol. The van der Waals surface area contributed by atoms with E-state index in [0.29, 0.717) is 0 Å². The summed E-state index contributed by atoms with van der Waals surface area (Å²) in [6, 6.07) is 4.55. The van der Waals surface area contributed by atoms with Gasteiger partial charge in [-0.3, -0.25) is 0 Å². The van der Waals surface area contributed by atoms with E-state index in [1.807, 2.05) is 11.6 Å². The summed E-state index contributed by atoms with van der Waals surface area (Å²) in [5, 5.41) is 6.60. The van der Waals surface area contributed by atoms with E-state index in [-0.39, 0.29) is 6.04 Å². The van der Waals surface area contributed by atoms with Gasteiger partial charge in [0.25, 0.3) is 0 Å². The Labute approximate surface area is 114 Å². The highest BCUT2D eigenvalue weighted by Gasteiger charge is 2.09. The first-order valence-electron chi connectivity index (χ1n) is 5.50. The van der Waals surface area contributed by atoms with Crippen molar-refractivity contribution in [1.29, 1.82) is 0 Å². The Morgan fingerprint density at radius 2 is 1.94 bits per heavy atom. The topological polar surface area (TPSA) is 24.9 Å². The molecule has 1 N–H and O–H groups in total. The number of thiazole rings is 1. The molecule has 1 unspecified atom stereocenters. The minimum Gasteiger partial charge on any atom is -0.376 e. The summed E-state index contributed by atoms with van der Waals surface area (Å²) in [6.07, 6.45) is 1.84. The van der Waals surface area contributed by atoms with Crippen LogP contribution in [-0.4, -0.2) is 4.98 Å². The van der Waals surface area contributed by atoms with Gasteiger partial charge in [-0.2, -0.15) is 0 Å². The Hall–Kier alpha value is -0.870. The molecule has 0 saturated heterocycles. The zero-order valence-electron chi connectivity index (χ0n) is 10.1. The maximum atomic E-state index is 4.32. The fourth-order valence-electron chi connectivity index (χ4n) is 1.79. The molecule has 0 saturated carbocycles. The van der Waals surface area contributed by atoms with Crippen molar-refractivity contribution in [2.24, 2.45) is 0 Å². The predicted octanol–water partition coefficient (Wildman–Crippen LogP) is 4.70. The molecular formula is C13H15BrN2S. The van der Waals surface area contributed by atoms with Gasteiger partial charge in [0.05, 0.1) is 6.04 Å². The zero-order valence-corrected chi connectivity index (χ0v) is 12.5. The Bertz CT molecular complexity index is 485. The van der Waals surface area contributed by atoms with Gasteiger partial charge in [-0.05, 0) is 44.0 Å². The van der Waals surface area contributed by atoms with Crippen molar-refractivity contribution in [1.82, 2.24) is 4.98 Å².